The summed E-state index contributed by atoms with van der Waals surface area (Å²) in [5.74, 6) is -0.728. The summed E-state index contributed by atoms with van der Waals surface area (Å²) in [5, 5.41) is 10.4. The fourth-order valence-corrected chi connectivity index (χ4v) is 13.7. The molecule has 25 nitrogen and oxygen atoms in total. The van der Waals surface area contributed by atoms with Gasteiger partial charge in [-0.2, -0.15) is 0 Å². The van der Waals surface area contributed by atoms with Gasteiger partial charge in [-0.25, -0.2) is 19.4 Å². The molecule has 2 aromatic heterocycles. The van der Waals surface area contributed by atoms with Gasteiger partial charge in [0.15, 0.2) is 27.8 Å². The summed E-state index contributed by atoms with van der Waals surface area (Å²) in [6.45, 7) is 14.3. The molecule has 2 fully saturated rings. The highest BCUT2D eigenvalue weighted by Crippen LogP contribution is 2.43. The van der Waals surface area contributed by atoms with Crippen LogP contribution in [0, 0.1) is 0 Å². The van der Waals surface area contributed by atoms with Crippen molar-refractivity contribution in [3.8, 4) is 34.5 Å². The Labute approximate surface area is 593 Å². The van der Waals surface area contributed by atoms with Crippen LogP contribution in [0.3, 0.4) is 0 Å². The standard InChI is InChI=1S/C74H83N7O18S2/c1-12-79-36-49(65(83)55-33-58(93-39-45-15-23-51(89-8)24-16-45)59(34-57(55)79)94-40-46-17-25-52(90-9)26-18-46)37-81(31-13-14-32-81)38-50-43-100-68-63(67(85)80(68)64(50)70(87)96-42-48-21-29-54(92-11)30-22-48)76-66(84)62(56-44-101-71(75-56)77-72(88)98-74(5,6)7)78-99-60(35-61(82)97-73(2,3)4)69(86)95-41-47-19-27-53(91-10)28-20-47/h15-30,33-34,36,44,60,63,68H,12-14,31-32,35,37-43H2,1-11H3,(H-,75,76,77,84,88)/p+1/t60-,63+,68+/m0/s1. The number of esters is 3. The molecule has 0 radical (unpaired) electrons. The first kappa shape index (κ1) is 73.6. The van der Waals surface area contributed by atoms with E-state index in [0.29, 0.717) is 91.8 Å². The second-order valence-electron chi connectivity index (χ2n) is 26.4. The van der Waals surface area contributed by atoms with Crippen molar-refractivity contribution >= 4 is 80.7 Å². The molecule has 0 unspecified atom stereocenters. The molecule has 7 aromatic rings. The predicted octanol–water partition coefficient (Wildman–Crippen LogP) is 10.8. The van der Waals surface area contributed by atoms with Crippen molar-refractivity contribution in [2.75, 3.05) is 59.1 Å². The van der Waals surface area contributed by atoms with E-state index < -0.39 is 76.7 Å². The molecular formula is C74H84N7O18S2+. The molecule has 0 aliphatic carbocycles. The van der Waals surface area contributed by atoms with E-state index in [9.17, 15) is 24.0 Å². The van der Waals surface area contributed by atoms with Crippen LogP contribution in [0.5, 0.6) is 34.5 Å². The second kappa shape index (κ2) is 32.5. The van der Waals surface area contributed by atoms with E-state index in [1.807, 2.05) is 72.3 Å². The molecule has 2 saturated heterocycles. The third kappa shape index (κ3) is 18.9. The Morgan fingerprint density at radius 3 is 1.73 bits per heavy atom. The molecule has 0 bridgehead atoms. The first-order valence-corrected chi connectivity index (χ1v) is 34.8. The van der Waals surface area contributed by atoms with Gasteiger partial charge in [0.2, 0.25) is 6.10 Å². The van der Waals surface area contributed by atoms with E-state index in [4.69, 9.17) is 52.2 Å². The van der Waals surface area contributed by atoms with Crippen molar-refractivity contribution in [1.82, 2.24) is 19.8 Å². The van der Waals surface area contributed by atoms with Crippen molar-refractivity contribution in [2.45, 2.75) is 136 Å². The molecule has 5 heterocycles. The number of aromatic nitrogens is 2. The smallest absolute Gasteiger partial charge is 0.413 e. The minimum absolute atomic E-state index is 0.0140. The van der Waals surface area contributed by atoms with E-state index in [0.717, 1.165) is 35.3 Å². The molecule has 2 N–H and O–H groups in total. The Bertz CT molecular complexity index is 4270. The van der Waals surface area contributed by atoms with Crippen molar-refractivity contribution in [1.29, 1.82) is 0 Å². The minimum atomic E-state index is -1.78. The molecule has 3 aliphatic rings. The molecule has 3 aliphatic heterocycles. The molecular weight excluding hydrogens is 1340 g/mol. The summed E-state index contributed by atoms with van der Waals surface area (Å²) in [4.78, 5) is 112. The number of fused-ring (bicyclic) bond motifs is 2. The lowest BCUT2D eigenvalue weighted by Gasteiger charge is -2.50. The lowest BCUT2D eigenvalue weighted by molar-refractivity contribution is -0.925. The second-order valence-corrected chi connectivity index (χ2v) is 28.3. The van der Waals surface area contributed by atoms with Gasteiger partial charge >= 0.3 is 24.0 Å². The average molecular weight is 1420 g/mol. The van der Waals surface area contributed by atoms with Crippen LogP contribution >= 0.6 is 23.1 Å². The maximum absolute atomic E-state index is 15.3. The number of nitrogens with zero attached hydrogens (tertiary/aromatic N) is 5. The first-order chi connectivity index (χ1) is 48.3. The number of oxime groups is 1. The van der Waals surface area contributed by atoms with Gasteiger partial charge in [0.1, 0.15) is 96.5 Å². The van der Waals surface area contributed by atoms with Gasteiger partial charge in [0, 0.05) is 48.4 Å². The Hall–Kier alpha value is -10.1. The number of pyridine rings is 1. The normalized spacial score (nSPS) is 16.0. The molecule has 10 rings (SSSR count). The molecule has 3 amide bonds. The highest BCUT2D eigenvalue weighted by atomic mass is 32.2. The number of hydrogen-bond acceptors (Lipinski definition) is 22. The zero-order valence-corrected chi connectivity index (χ0v) is 60.0. The number of thiazole rings is 1. The summed E-state index contributed by atoms with van der Waals surface area (Å²) in [5.41, 5.74) is 2.03. The van der Waals surface area contributed by atoms with Gasteiger partial charge in [0.25, 0.3) is 11.8 Å². The number of hydrogen-bond donors (Lipinski definition) is 2. The van der Waals surface area contributed by atoms with Crippen LogP contribution in [0.4, 0.5) is 9.93 Å². The molecule has 3 atom stereocenters. The Morgan fingerprint density at radius 1 is 0.683 bits per heavy atom. The zero-order valence-electron chi connectivity index (χ0n) is 58.4. The number of benzene rings is 5. The van der Waals surface area contributed by atoms with E-state index >= 15 is 9.59 Å². The zero-order chi connectivity index (χ0) is 72.2. The Morgan fingerprint density at radius 2 is 1.21 bits per heavy atom. The number of quaternary nitrogens is 1. The third-order valence-corrected chi connectivity index (χ3v) is 18.8. The molecule has 5 aromatic carbocycles. The number of rotatable bonds is 29. The Kier molecular flexibility index (Phi) is 23.7. The summed E-state index contributed by atoms with van der Waals surface area (Å²) in [6.07, 6.45) is 0.217. The number of likely N-dealkylation sites (tertiary alicyclic amines) is 1. The minimum Gasteiger partial charge on any atom is -0.497 e. The lowest BCUT2D eigenvalue weighted by atomic mass is 10.0. The molecule has 101 heavy (non-hydrogen) atoms. The number of methoxy groups -OCH3 is 4. The number of aryl methyl sites for hydroxylation is 1. The lowest BCUT2D eigenvalue weighted by Crippen LogP contribution is -2.71. The average Bonchev–Trinajstić information content (AvgIpc) is 1.27. The van der Waals surface area contributed by atoms with Crippen LogP contribution in [0.15, 0.2) is 142 Å². The summed E-state index contributed by atoms with van der Waals surface area (Å²) >= 11 is 2.23. The number of carbonyl (C=O) groups is 6. The van der Waals surface area contributed by atoms with Crippen LogP contribution in [-0.4, -0.2) is 143 Å². The van der Waals surface area contributed by atoms with E-state index in [-0.39, 0.29) is 67.2 Å². The third-order valence-electron chi connectivity index (χ3n) is 16.7. The monoisotopic (exact) mass is 1420 g/mol. The summed E-state index contributed by atoms with van der Waals surface area (Å²) in [6, 6.07) is 31.1. The number of ether oxygens (including phenoxy) is 10. The van der Waals surface area contributed by atoms with Gasteiger partial charge < -0.3 is 66.6 Å². The molecule has 27 heteroatoms. The number of anilines is 1. The molecule has 534 valence electrons. The van der Waals surface area contributed by atoms with Crippen LogP contribution in [0.25, 0.3) is 10.9 Å². The van der Waals surface area contributed by atoms with Gasteiger partial charge in [0.05, 0.1) is 64.4 Å². The number of carbonyl (C=O) groups excluding carboxylic acids is 6. The van der Waals surface area contributed by atoms with Crippen molar-refractivity contribution < 1.29 is 85.5 Å². The van der Waals surface area contributed by atoms with Crippen molar-refractivity contribution in [3.63, 3.8) is 0 Å². The maximum atomic E-state index is 15.3. The fraction of sp³-hybridized carbons (Fsp3) is 0.392. The first-order valence-electron chi connectivity index (χ1n) is 32.9. The van der Waals surface area contributed by atoms with Crippen molar-refractivity contribution in [3.05, 3.63) is 176 Å². The topological polar surface area (TPSA) is 278 Å². The SMILES string of the molecule is CCn1cc(C[N+]2(CC3=C(C(=O)OCc4ccc(OC)cc4)N4C(=O)[C@@H](NC(=O)C(=NO[C@@H](CC(=O)OC(C)(C)C)C(=O)OCc5ccc(OC)cc5)c5csc(NC(=O)OC(C)(C)C)n5)[C@H]4SC3)CCCC2)c(=O)c2cc(OCc3ccc(OC)cc3)c(OCc3ccc(OC)cc3)cc21. The molecule has 0 saturated carbocycles. The van der Waals surface area contributed by atoms with Gasteiger partial charge in [-0.3, -0.25) is 29.4 Å². The van der Waals surface area contributed by atoms with E-state index in [2.05, 4.69) is 20.8 Å². The summed E-state index contributed by atoms with van der Waals surface area (Å²) in [7, 11) is 6.27. The van der Waals surface area contributed by atoms with Crippen LogP contribution in [0.2, 0.25) is 0 Å². The quantitative estimate of drug-likeness (QED) is 0.0110. The Balaban J connectivity index is 0.960. The van der Waals surface area contributed by atoms with Gasteiger partial charge in [-0.1, -0.05) is 53.7 Å². The number of amides is 3. The number of thioether (sulfide) groups is 1. The highest BCUT2D eigenvalue weighted by Gasteiger charge is 2.56. The number of nitrogens with one attached hydrogen (secondary N) is 2. The van der Waals surface area contributed by atoms with Crippen LogP contribution in [-0.2, 0) is 87.3 Å². The number of β-lactam (4-membered cyclic amide) rings is 1. The highest BCUT2D eigenvalue weighted by molar-refractivity contribution is 8.00. The van der Waals surface area contributed by atoms with Gasteiger partial charge in [-0.05, 0) is 125 Å². The molecule has 0 spiro atoms. The largest absolute Gasteiger partial charge is 0.497 e. The van der Waals surface area contributed by atoms with Crippen LogP contribution in [0.1, 0.15) is 101 Å². The van der Waals surface area contributed by atoms with E-state index in [1.165, 1.54) is 29.2 Å². The summed E-state index contributed by atoms with van der Waals surface area (Å²) < 4.78 is 59.5. The fourth-order valence-electron chi connectivity index (χ4n) is 11.7. The van der Waals surface area contributed by atoms with E-state index in [1.54, 1.807) is 117 Å². The van der Waals surface area contributed by atoms with Gasteiger partial charge in [-0.15, -0.1) is 23.1 Å². The predicted molar refractivity (Wildman–Crippen MR) is 378 cm³/mol. The van der Waals surface area contributed by atoms with Crippen molar-refractivity contribution in [2.24, 2.45) is 5.16 Å². The maximum Gasteiger partial charge on any atom is 0.413 e. The van der Waals surface area contributed by atoms with Crippen LogP contribution < -0.4 is 44.5 Å².